The molecular formula is C17H18F3N3O. The lowest BCUT2D eigenvalue weighted by Gasteiger charge is -2.13. The highest BCUT2D eigenvalue weighted by molar-refractivity contribution is 5.75. The second-order valence-electron chi connectivity index (χ2n) is 5.28. The smallest absolute Gasteiger partial charge is 0.356 e. The molecule has 1 aromatic heterocycles. The van der Waals surface area contributed by atoms with Gasteiger partial charge >= 0.3 is 6.18 Å². The number of carbonyl (C=O) groups is 1. The van der Waals surface area contributed by atoms with Crippen LogP contribution in [0.5, 0.6) is 0 Å². The van der Waals surface area contributed by atoms with Crippen molar-refractivity contribution < 1.29 is 18.0 Å². The van der Waals surface area contributed by atoms with Crippen molar-refractivity contribution >= 4 is 5.91 Å². The number of aromatic nitrogens is 2. The van der Waals surface area contributed by atoms with Crippen LogP contribution in [0.15, 0.2) is 36.5 Å². The van der Waals surface area contributed by atoms with E-state index in [1.165, 1.54) is 6.20 Å². The molecule has 0 aliphatic carbocycles. The molecule has 0 saturated carbocycles. The first-order valence-electron chi connectivity index (χ1n) is 7.67. The minimum absolute atomic E-state index is 0.0272. The van der Waals surface area contributed by atoms with Crippen molar-refractivity contribution in [2.75, 3.05) is 6.54 Å². The van der Waals surface area contributed by atoms with Gasteiger partial charge in [-0.2, -0.15) is 13.2 Å². The summed E-state index contributed by atoms with van der Waals surface area (Å²) in [5.41, 5.74) is -0.467. The highest BCUT2D eigenvalue weighted by atomic mass is 19.4. The minimum Gasteiger partial charge on any atom is -0.356 e. The second kappa shape index (κ2) is 7.90. The molecule has 1 amide bonds. The summed E-state index contributed by atoms with van der Waals surface area (Å²) in [5.74, 6) is -0.144. The molecule has 4 nitrogen and oxygen atoms in total. The summed E-state index contributed by atoms with van der Waals surface area (Å²) >= 11 is 0. The number of nitrogens with one attached hydrogen (secondary N) is 1. The van der Waals surface area contributed by atoms with Gasteiger partial charge in [0.15, 0.2) is 11.5 Å². The van der Waals surface area contributed by atoms with E-state index in [0.29, 0.717) is 18.4 Å². The van der Waals surface area contributed by atoms with E-state index in [9.17, 15) is 18.0 Å². The molecule has 0 atom stereocenters. The zero-order valence-corrected chi connectivity index (χ0v) is 13.2. The first-order chi connectivity index (χ1) is 11.4. The fourth-order valence-electron chi connectivity index (χ4n) is 2.21. The van der Waals surface area contributed by atoms with Crippen molar-refractivity contribution in [1.29, 1.82) is 0 Å². The molecule has 2 aromatic rings. The van der Waals surface area contributed by atoms with Crippen LogP contribution in [0.1, 0.15) is 31.0 Å². The van der Waals surface area contributed by atoms with Gasteiger partial charge < -0.3 is 5.32 Å². The average molecular weight is 337 g/mol. The lowest BCUT2D eigenvalue weighted by atomic mass is 10.1. The summed E-state index contributed by atoms with van der Waals surface area (Å²) in [7, 11) is 0. The Morgan fingerprint density at radius 2 is 1.92 bits per heavy atom. The standard InChI is InChI=1S/C17H18F3N3O/c1-2-6-14(24)21-10-9-13-11-22-16(12-7-4-3-5-8-12)23-15(13)17(18,19)20/h3-5,7-8,11H,2,6,9-10H2,1H3,(H,21,24). The van der Waals surface area contributed by atoms with E-state index in [2.05, 4.69) is 15.3 Å². The van der Waals surface area contributed by atoms with Crippen LogP contribution in [0.4, 0.5) is 13.2 Å². The van der Waals surface area contributed by atoms with Gasteiger partial charge in [0.1, 0.15) is 0 Å². The highest BCUT2D eigenvalue weighted by Crippen LogP contribution is 2.31. The van der Waals surface area contributed by atoms with E-state index in [-0.39, 0.29) is 30.3 Å². The van der Waals surface area contributed by atoms with Crippen molar-refractivity contribution in [3.63, 3.8) is 0 Å². The zero-order valence-electron chi connectivity index (χ0n) is 13.2. The van der Waals surface area contributed by atoms with Crippen molar-refractivity contribution in [3.8, 4) is 11.4 Å². The van der Waals surface area contributed by atoms with E-state index in [4.69, 9.17) is 0 Å². The topological polar surface area (TPSA) is 54.9 Å². The maximum absolute atomic E-state index is 13.3. The summed E-state index contributed by atoms with van der Waals surface area (Å²) in [6.45, 7) is 1.98. The van der Waals surface area contributed by atoms with Crippen molar-refractivity contribution in [1.82, 2.24) is 15.3 Å². The first-order valence-corrected chi connectivity index (χ1v) is 7.67. The van der Waals surface area contributed by atoms with Gasteiger partial charge in [-0.3, -0.25) is 4.79 Å². The lowest BCUT2D eigenvalue weighted by Crippen LogP contribution is -2.26. The minimum atomic E-state index is -4.57. The molecule has 0 aliphatic rings. The first kappa shape index (κ1) is 17.9. The second-order valence-corrected chi connectivity index (χ2v) is 5.28. The number of hydrogen-bond acceptors (Lipinski definition) is 3. The summed E-state index contributed by atoms with van der Waals surface area (Å²) < 4.78 is 39.8. The number of carbonyl (C=O) groups excluding carboxylic acids is 1. The highest BCUT2D eigenvalue weighted by Gasteiger charge is 2.36. The van der Waals surface area contributed by atoms with Crippen LogP contribution < -0.4 is 5.32 Å². The molecule has 1 heterocycles. The molecule has 128 valence electrons. The molecule has 0 fully saturated rings. The number of rotatable bonds is 6. The SMILES string of the molecule is CCCC(=O)NCCc1cnc(-c2ccccc2)nc1C(F)(F)F. The maximum Gasteiger partial charge on any atom is 0.433 e. The molecule has 1 N–H and O–H groups in total. The Balaban J connectivity index is 2.20. The van der Waals surface area contributed by atoms with Crippen LogP contribution in [-0.4, -0.2) is 22.4 Å². The van der Waals surface area contributed by atoms with Crippen molar-refractivity contribution in [2.24, 2.45) is 0 Å². The Bertz CT molecular complexity index is 687. The van der Waals surface area contributed by atoms with E-state index in [0.717, 1.165) is 0 Å². The molecule has 0 aliphatic heterocycles. The predicted molar refractivity (Wildman–Crippen MR) is 84.1 cm³/mol. The molecule has 0 radical (unpaired) electrons. The Morgan fingerprint density at radius 3 is 2.54 bits per heavy atom. The van der Waals surface area contributed by atoms with Gasteiger partial charge in [0.05, 0.1) is 0 Å². The average Bonchev–Trinajstić information content (AvgIpc) is 2.55. The Hall–Kier alpha value is -2.44. The Morgan fingerprint density at radius 1 is 1.21 bits per heavy atom. The Labute approximate surface area is 138 Å². The fraction of sp³-hybridized carbons (Fsp3) is 0.353. The predicted octanol–water partition coefficient (Wildman–Crippen LogP) is 3.62. The van der Waals surface area contributed by atoms with Crippen LogP contribution in [-0.2, 0) is 17.4 Å². The normalized spacial score (nSPS) is 11.3. The van der Waals surface area contributed by atoms with Crippen LogP contribution >= 0.6 is 0 Å². The van der Waals surface area contributed by atoms with Crippen molar-refractivity contribution in [2.45, 2.75) is 32.4 Å². The number of benzene rings is 1. The van der Waals surface area contributed by atoms with E-state index in [1.54, 1.807) is 30.3 Å². The van der Waals surface area contributed by atoms with Gasteiger partial charge in [-0.05, 0) is 12.8 Å². The third kappa shape index (κ3) is 4.78. The molecule has 2 rings (SSSR count). The van der Waals surface area contributed by atoms with Gasteiger partial charge in [0.2, 0.25) is 5.91 Å². The summed E-state index contributed by atoms with van der Waals surface area (Å²) in [5, 5.41) is 2.60. The van der Waals surface area contributed by atoms with E-state index in [1.807, 2.05) is 6.92 Å². The van der Waals surface area contributed by atoms with Crippen molar-refractivity contribution in [3.05, 3.63) is 47.8 Å². The van der Waals surface area contributed by atoms with E-state index < -0.39 is 11.9 Å². The summed E-state index contributed by atoms with van der Waals surface area (Å²) in [4.78, 5) is 19.1. The zero-order chi connectivity index (χ0) is 17.6. The number of alkyl halides is 3. The molecular weight excluding hydrogens is 319 g/mol. The lowest BCUT2D eigenvalue weighted by molar-refractivity contribution is -0.141. The maximum atomic E-state index is 13.3. The molecule has 0 saturated heterocycles. The van der Waals surface area contributed by atoms with Crippen LogP contribution in [0.3, 0.4) is 0 Å². The number of nitrogens with zero attached hydrogens (tertiary/aromatic N) is 2. The molecule has 0 unspecified atom stereocenters. The largest absolute Gasteiger partial charge is 0.433 e. The molecule has 1 aromatic carbocycles. The molecule has 0 spiro atoms. The van der Waals surface area contributed by atoms with E-state index >= 15 is 0 Å². The number of amides is 1. The third-order valence-corrected chi connectivity index (χ3v) is 3.36. The Kier molecular flexibility index (Phi) is 5.89. The van der Waals surface area contributed by atoms with Gasteiger partial charge in [0.25, 0.3) is 0 Å². The monoisotopic (exact) mass is 337 g/mol. The summed E-state index contributed by atoms with van der Waals surface area (Å²) in [6, 6.07) is 8.49. The fourth-order valence-corrected chi connectivity index (χ4v) is 2.21. The molecule has 7 heteroatoms. The summed E-state index contributed by atoms with van der Waals surface area (Å²) in [6.07, 6.45) is -2.32. The van der Waals surface area contributed by atoms with Gasteiger partial charge in [-0.25, -0.2) is 9.97 Å². The quantitative estimate of drug-likeness (QED) is 0.876. The third-order valence-electron chi connectivity index (χ3n) is 3.36. The molecule has 0 bridgehead atoms. The van der Waals surface area contributed by atoms with Crippen LogP contribution in [0, 0.1) is 0 Å². The van der Waals surface area contributed by atoms with Crippen LogP contribution in [0.25, 0.3) is 11.4 Å². The van der Waals surface area contributed by atoms with Gasteiger partial charge in [-0.1, -0.05) is 37.3 Å². The van der Waals surface area contributed by atoms with Crippen LogP contribution in [0.2, 0.25) is 0 Å². The van der Waals surface area contributed by atoms with Gasteiger partial charge in [0, 0.05) is 30.3 Å². The number of hydrogen-bond donors (Lipinski definition) is 1. The number of halogens is 3. The van der Waals surface area contributed by atoms with Gasteiger partial charge in [-0.15, -0.1) is 0 Å². The molecule has 24 heavy (non-hydrogen) atoms.